The number of aliphatic carboxylic acids is 2. The summed E-state index contributed by atoms with van der Waals surface area (Å²) in [6, 6.07) is 6.38. The van der Waals surface area contributed by atoms with E-state index in [2.05, 4.69) is 35.3 Å². The Morgan fingerprint density at radius 2 is 1.78 bits per heavy atom. The first-order chi connectivity index (χ1) is 22.1. The van der Waals surface area contributed by atoms with Crippen LogP contribution in [-0.4, -0.2) is 103 Å². The van der Waals surface area contributed by atoms with Crippen LogP contribution in [0.3, 0.4) is 0 Å². The number of fused-ring (bicyclic) bond motifs is 2. The van der Waals surface area contributed by atoms with Crippen molar-refractivity contribution in [1.29, 1.82) is 0 Å². The number of carbonyl (C=O) groups is 5. The number of nitrogens with two attached hydrogens (primary N) is 1. The number of sulfone groups is 1. The maximum Gasteiger partial charge on any atom is 1.00 e. The molecule has 1 aromatic heterocycles. The largest absolute Gasteiger partial charge is 1.00 e. The Morgan fingerprint density at radius 3 is 2.29 bits per heavy atom. The van der Waals surface area contributed by atoms with Crippen LogP contribution in [0.2, 0.25) is 19.6 Å². The second-order valence-corrected chi connectivity index (χ2v) is 23.8. The fourth-order valence-corrected chi connectivity index (χ4v) is 12.1. The van der Waals surface area contributed by atoms with E-state index in [-0.39, 0.29) is 59.6 Å². The third-order valence-electron chi connectivity index (χ3n) is 9.69. The third-order valence-corrected chi connectivity index (χ3v) is 16.0. The third kappa shape index (κ3) is 6.65. The van der Waals surface area contributed by atoms with Crippen LogP contribution in [0.4, 0.5) is 0 Å². The van der Waals surface area contributed by atoms with Gasteiger partial charge in [-0.05, 0) is 26.3 Å². The second kappa shape index (κ2) is 13.5. The molecule has 3 aliphatic heterocycles. The summed E-state index contributed by atoms with van der Waals surface area (Å²) in [4.78, 5) is 60.9. The number of nitrogens with zero attached hydrogens (tertiary/aromatic N) is 4. The molecule has 260 valence electrons. The number of amides is 2. The molecule has 49 heavy (non-hydrogen) atoms. The van der Waals surface area contributed by atoms with Gasteiger partial charge >= 0.3 is 35.5 Å². The summed E-state index contributed by atoms with van der Waals surface area (Å²) in [5.41, 5.74) is 6.59. The number of Topliss-reactive ketones (excluding diaryl/α,β-unsaturated/α-hetero) is 1. The predicted molar refractivity (Wildman–Crippen MR) is 175 cm³/mol. The number of aromatic nitrogens is 3. The van der Waals surface area contributed by atoms with Crippen LogP contribution < -0.4 is 51.0 Å². The van der Waals surface area contributed by atoms with E-state index < -0.39 is 80.5 Å². The van der Waals surface area contributed by atoms with Crippen molar-refractivity contribution in [2.75, 3.05) is 0 Å². The number of benzene rings is 1. The molecule has 0 spiro atoms. The van der Waals surface area contributed by atoms with Crippen LogP contribution in [0, 0.1) is 11.8 Å². The number of hydrogen-bond acceptors (Lipinski definition) is 12. The Labute approximate surface area is 311 Å². The van der Waals surface area contributed by atoms with Gasteiger partial charge in [0.15, 0.2) is 9.84 Å². The minimum absolute atomic E-state index is 0. The molecule has 3 unspecified atom stereocenters. The number of ketones is 1. The van der Waals surface area contributed by atoms with Crippen molar-refractivity contribution in [2.45, 2.75) is 91.6 Å². The molecule has 1 saturated carbocycles. The van der Waals surface area contributed by atoms with Gasteiger partial charge in [0, 0.05) is 35.2 Å². The molecule has 1 aliphatic carbocycles. The Morgan fingerprint density at radius 1 is 1.16 bits per heavy atom. The molecule has 4 aliphatic rings. The normalized spacial score (nSPS) is 31.0. The SMILES string of the molecule is CC1(C)S[C@@H]2[C@H](NC(=O)C(N)c3ccccc3)C(=O)N2[C@H]1C(=O)O.C[C@]1(Cn2cc([Si](C)(C)C)nn2)[C@H](C(=O)[O-])C2C(=O)CC2S1(=O)=O.[Na+]. The van der Waals surface area contributed by atoms with Crippen molar-refractivity contribution in [2.24, 2.45) is 17.6 Å². The molecule has 1 aromatic carbocycles. The molecule has 2 aromatic rings. The molecule has 2 amide bonds. The van der Waals surface area contributed by atoms with E-state index in [0.29, 0.717) is 5.56 Å². The summed E-state index contributed by atoms with van der Waals surface area (Å²) in [7, 11) is -5.52. The van der Waals surface area contributed by atoms with Crippen molar-refractivity contribution in [3.8, 4) is 0 Å². The zero-order valence-electron chi connectivity index (χ0n) is 28.3. The van der Waals surface area contributed by atoms with E-state index in [9.17, 15) is 42.6 Å². The van der Waals surface area contributed by atoms with E-state index in [1.807, 2.05) is 6.07 Å². The summed E-state index contributed by atoms with van der Waals surface area (Å²) in [5, 5.41) is 31.3. The maximum atomic E-state index is 12.8. The average molecular weight is 743 g/mol. The predicted octanol–water partition coefficient (Wildman–Crippen LogP) is -4.34. The van der Waals surface area contributed by atoms with Crippen LogP contribution in [0.1, 0.15) is 38.8 Å². The van der Waals surface area contributed by atoms with E-state index in [4.69, 9.17) is 5.73 Å². The van der Waals surface area contributed by atoms with E-state index in [1.54, 1.807) is 44.3 Å². The number of thioether (sulfide) groups is 1. The smallest absolute Gasteiger partial charge is 0.550 e. The van der Waals surface area contributed by atoms with Crippen molar-refractivity contribution in [3.63, 3.8) is 0 Å². The summed E-state index contributed by atoms with van der Waals surface area (Å²) in [6.07, 6.45) is 1.57. The second-order valence-electron chi connectivity index (χ2n) is 14.4. The van der Waals surface area contributed by atoms with E-state index >= 15 is 0 Å². The Bertz CT molecular complexity index is 1790. The minimum Gasteiger partial charge on any atom is -0.550 e. The summed E-state index contributed by atoms with van der Waals surface area (Å²) in [5.74, 6) is -6.02. The van der Waals surface area contributed by atoms with Gasteiger partial charge in [0.1, 0.15) is 37.4 Å². The quantitative estimate of drug-likeness (QED) is 0.172. The van der Waals surface area contributed by atoms with Crippen molar-refractivity contribution in [3.05, 3.63) is 42.1 Å². The van der Waals surface area contributed by atoms with Crippen LogP contribution in [0.5, 0.6) is 0 Å². The molecular weight excluding hydrogens is 704 g/mol. The Hall–Kier alpha value is -2.61. The molecule has 19 heteroatoms. The number of hydrogen-bond donors (Lipinski definition) is 3. The molecule has 6 rings (SSSR count). The number of carbonyl (C=O) groups excluding carboxylic acids is 4. The van der Waals surface area contributed by atoms with Gasteiger partial charge in [0.05, 0.1) is 21.9 Å². The first-order valence-electron chi connectivity index (χ1n) is 15.3. The van der Waals surface area contributed by atoms with Crippen molar-refractivity contribution in [1.82, 2.24) is 25.2 Å². The topological polar surface area (TPSA) is 235 Å². The van der Waals surface area contributed by atoms with Crippen LogP contribution in [0.15, 0.2) is 36.5 Å². The first kappa shape index (κ1) is 39.2. The fraction of sp³-hybridized carbons (Fsp3) is 0.567. The van der Waals surface area contributed by atoms with Gasteiger partial charge in [-0.25, -0.2) is 13.2 Å². The van der Waals surface area contributed by atoms with Crippen LogP contribution in [-0.2, 0) is 40.4 Å². The number of carboxylic acid groups (broad SMARTS) is 2. The molecular formula is C30H39N6NaO9S2Si. The first-order valence-corrected chi connectivity index (χ1v) is 21.3. The summed E-state index contributed by atoms with van der Waals surface area (Å²) in [6.45, 7) is 11.1. The van der Waals surface area contributed by atoms with Gasteiger partial charge in [-0.2, -0.15) is 0 Å². The minimum atomic E-state index is -3.80. The molecule has 3 saturated heterocycles. The number of carboxylic acids is 2. The average Bonchev–Trinajstić information content (AvgIpc) is 3.60. The summed E-state index contributed by atoms with van der Waals surface area (Å²) >= 11 is 1.38. The maximum absolute atomic E-state index is 12.8. The van der Waals surface area contributed by atoms with Crippen molar-refractivity contribution >= 4 is 64.5 Å². The molecule has 4 N–H and O–H groups in total. The zero-order chi connectivity index (χ0) is 35.7. The van der Waals surface area contributed by atoms with E-state index in [0.717, 1.165) is 5.32 Å². The Balaban J connectivity index is 0.000000216. The molecule has 4 fully saturated rings. The van der Waals surface area contributed by atoms with Gasteiger partial charge in [0.2, 0.25) is 11.8 Å². The van der Waals surface area contributed by atoms with Gasteiger partial charge in [-0.1, -0.05) is 55.2 Å². The number of β-lactam (4-membered cyclic amide) rings is 1. The number of rotatable bonds is 8. The fourth-order valence-electron chi connectivity index (χ4n) is 6.94. The monoisotopic (exact) mass is 742 g/mol. The standard InChI is InChI=1S/C16H19N3O4S.C14H21N3O5SSi.Na/c1-16(2)11(15(22)23)19-13(21)10(14(19)24-16)18-12(20)9(17)8-6-4-3-5-7-8;1-14(7-17-6-10(15-16-17)24(2,3)4)12(13(19)20)11-8(18)5-9(11)23(14,21)22;/h3-7,9-11,14H,17H2,1-2H3,(H,18,20)(H,22,23);6,9,11-12H,5,7H2,1-4H3,(H,19,20);/q;;+1/p-1/t9?,10-,11+,14-;9?,11?,12-,14-;/m10./s1. The van der Waals surface area contributed by atoms with Crippen LogP contribution >= 0.6 is 11.8 Å². The van der Waals surface area contributed by atoms with Crippen LogP contribution in [0.25, 0.3) is 0 Å². The molecule has 15 nitrogen and oxygen atoms in total. The van der Waals surface area contributed by atoms with Gasteiger partial charge < -0.3 is 31.0 Å². The summed E-state index contributed by atoms with van der Waals surface area (Å²) < 4.78 is 24.8. The molecule has 0 radical (unpaired) electrons. The molecule has 8 atom stereocenters. The zero-order valence-corrected chi connectivity index (χ0v) is 32.9. The van der Waals surface area contributed by atoms with E-state index in [1.165, 1.54) is 28.3 Å². The van der Waals surface area contributed by atoms with Gasteiger partial charge in [-0.15, -0.1) is 16.9 Å². The number of nitrogens with one attached hydrogen (secondary N) is 1. The Kier molecular flexibility index (Phi) is 10.8. The molecule has 0 bridgehead atoms. The van der Waals surface area contributed by atoms with Gasteiger partial charge in [0.25, 0.3) is 0 Å². The molecule has 4 heterocycles. The van der Waals surface area contributed by atoms with Gasteiger partial charge in [-0.3, -0.25) is 19.1 Å². The van der Waals surface area contributed by atoms with Crippen molar-refractivity contribution < 1.29 is 72.2 Å².